The third-order valence-corrected chi connectivity index (χ3v) is 4.54. The number of anilines is 1. The van der Waals surface area contributed by atoms with E-state index in [2.05, 4.69) is 19.8 Å². The lowest BCUT2D eigenvalue weighted by atomic mass is 10.1. The minimum atomic E-state index is -1.10. The van der Waals surface area contributed by atoms with Crippen LogP contribution >= 0.6 is 0 Å². The summed E-state index contributed by atoms with van der Waals surface area (Å²) in [6.45, 7) is 1.78. The molecule has 11 nitrogen and oxygen atoms in total. The number of nitrogen functional groups attached to an aromatic ring is 1. The number of ether oxygens (including phenoxy) is 1. The molecule has 1 aliphatic heterocycles. The van der Waals surface area contributed by atoms with Crippen LogP contribution in [0.5, 0.6) is 0 Å². The maximum absolute atomic E-state index is 10.4. The Bertz CT molecular complexity index is 727. The molecule has 0 radical (unpaired) electrons. The summed E-state index contributed by atoms with van der Waals surface area (Å²) in [4.78, 5) is 18.8. The van der Waals surface area contributed by atoms with Crippen LogP contribution in [0.15, 0.2) is 12.7 Å². The molecule has 1 fully saturated rings. The van der Waals surface area contributed by atoms with Gasteiger partial charge in [0, 0.05) is 6.54 Å². The summed E-state index contributed by atoms with van der Waals surface area (Å²) >= 11 is 0. The molecular formula is C15H25N7O4. The van der Waals surface area contributed by atoms with Gasteiger partial charge in [-0.15, -0.1) is 0 Å². The SMILES string of the molecule is CN(CCCCON)C[C@H]1O[C@@H](n2cnc3c(N)ncnc32)C(O)C1O. The number of rotatable bonds is 8. The molecule has 0 aliphatic carbocycles. The first kappa shape index (κ1) is 18.9. The van der Waals surface area contributed by atoms with Crippen LogP contribution in [0.3, 0.4) is 0 Å². The van der Waals surface area contributed by atoms with Crippen molar-refractivity contribution in [2.45, 2.75) is 37.4 Å². The molecule has 6 N–H and O–H groups in total. The number of fused-ring (bicyclic) bond motifs is 1. The minimum Gasteiger partial charge on any atom is -0.387 e. The quantitative estimate of drug-likeness (QED) is 0.324. The van der Waals surface area contributed by atoms with E-state index in [1.807, 2.05) is 11.9 Å². The lowest BCUT2D eigenvalue weighted by molar-refractivity contribution is -0.0423. The lowest BCUT2D eigenvalue weighted by Gasteiger charge is -2.22. The Balaban J connectivity index is 1.66. The highest BCUT2D eigenvalue weighted by molar-refractivity contribution is 5.81. The molecule has 0 spiro atoms. The van der Waals surface area contributed by atoms with Gasteiger partial charge in [-0.2, -0.15) is 0 Å². The van der Waals surface area contributed by atoms with Crippen molar-refractivity contribution in [2.75, 3.05) is 32.5 Å². The minimum absolute atomic E-state index is 0.250. The van der Waals surface area contributed by atoms with Gasteiger partial charge in [-0.3, -0.25) is 4.57 Å². The molecule has 3 heterocycles. The monoisotopic (exact) mass is 367 g/mol. The molecule has 0 saturated carbocycles. The Hall–Kier alpha value is -1.89. The number of aromatic nitrogens is 4. The maximum atomic E-state index is 10.4. The number of hydrogen-bond donors (Lipinski definition) is 4. The van der Waals surface area contributed by atoms with Crippen LogP contribution in [0, 0.1) is 0 Å². The molecule has 0 bridgehead atoms. The van der Waals surface area contributed by atoms with Crippen LogP contribution in [0.25, 0.3) is 11.2 Å². The highest BCUT2D eigenvalue weighted by atomic mass is 16.6. The average molecular weight is 367 g/mol. The standard InChI is InChI=1S/C15H25N7O4/c1-21(4-2-3-5-25-17)6-9-11(23)12(24)15(26-9)22-8-20-10-13(16)18-7-19-14(10)22/h7-9,11-12,15,23-24H,2-6,17H2,1H3,(H2,16,18,19)/t9-,11?,12?,15-/m1/s1. The van der Waals surface area contributed by atoms with Crippen molar-refractivity contribution in [1.82, 2.24) is 24.4 Å². The molecule has 2 unspecified atom stereocenters. The van der Waals surface area contributed by atoms with Gasteiger partial charge in [0.15, 0.2) is 17.7 Å². The van der Waals surface area contributed by atoms with Crippen molar-refractivity contribution >= 4 is 17.0 Å². The molecule has 0 amide bonds. The van der Waals surface area contributed by atoms with Crippen LogP contribution in [0.1, 0.15) is 19.1 Å². The number of nitrogens with two attached hydrogens (primary N) is 2. The second-order valence-corrected chi connectivity index (χ2v) is 6.47. The van der Waals surface area contributed by atoms with Gasteiger partial charge in [0.05, 0.1) is 12.9 Å². The summed E-state index contributed by atoms with van der Waals surface area (Å²) in [5, 5.41) is 20.8. The Morgan fingerprint density at radius 2 is 2.08 bits per heavy atom. The summed E-state index contributed by atoms with van der Waals surface area (Å²) in [5.74, 6) is 5.25. The first-order chi connectivity index (χ1) is 12.5. The van der Waals surface area contributed by atoms with E-state index < -0.39 is 24.5 Å². The van der Waals surface area contributed by atoms with E-state index in [-0.39, 0.29) is 5.82 Å². The number of unbranched alkanes of at least 4 members (excludes halogenated alkanes) is 1. The van der Waals surface area contributed by atoms with E-state index in [9.17, 15) is 10.2 Å². The number of aliphatic hydroxyl groups excluding tert-OH is 2. The van der Waals surface area contributed by atoms with Gasteiger partial charge in [0.2, 0.25) is 0 Å². The molecule has 4 atom stereocenters. The van der Waals surface area contributed by atoms with Crippen LogP contribution in [0.4, 0.5) is 5.82 Å². The van der Waals surface area contributed by atoms with Crippen LogP contribution in [0.2, 0.25) is 0 Å². The topological polar surface area (TPSA) is 158 Å². The normalized spacial score (nSPS) is 26.2. The highest BCUT2D eigenvalue weighted by Gasteiger charge is 2.44. The van der Waals surface area contributed by atoms with Gasteiger partial charge in [0.1, 0.15) is 30.2 Å². The summed E-state index contributed by atoms with van der Waals surface area (Å²) in [5.41, 5.74) is 6.67. The van der Waals surface area contributed by atoms with Gasteiger partial charge >= 0.3 is 0 Å². The van der Waals surface area contributed by atoms with Crippen molar-refractivity contribution in [2.24, 2.45) is 5.90 Å². The fraction of sp³-hybridized carbons (Fsp3) is 0.667. The zero-order valence-corrected chi connectivity index (χ0v) is 14.6. The van der Waals surface area contributed by atoms with E-state index >= 15 is 0 Å². The second-order valence-electron chi connectivity index (χ2n) is 6.47. The largest absolute Gasteiger partial charge is 0.387 e. The molecule has 144 valence electrons. The molecule has 26 heavy (non-hydrogen) atoms. The molecule has 0 aromatic carbocycles. The van der Waals surface area contributed by atoms with E-state index in [1.165, 1.54) is 12.7 Å². The fourth-order valence-corrected chi connectivity index (χ4v) is 3.13. The number of likely N-dealkylation sites (N-methyl/N-ethyl adjacent to an activating group) is 1. The number of aliphatic hydroxyl groups is 2. The zero-order valence-electron chi connectivity index (χ0n) is 14.6. The van der Waals surface area contributed by atoms with Crippen molar-refractivity contribution < 1.29 is 19.8 Å². The molecule has 2 aromatic heterocycles. The Morgan fingerprint density at radius 3 is 2.85 bits per heavy atom. The summed E-state index contributed by atoms with van der Waals surface area (Å²) in [6, 6.07) is 0. The van der Waals surface area contributed by atoms with Gasteiger partial charge in [-0.25, -0.2) is 20.8 Å². The molecule has 1 aliphatic rings. The third-order valence-electron chi connectivity index (χ3n) is 4.54. The Morgan fingerprint density at radius 1 is 1.27 bits per heavy atom. The molecule has 11 heteroatoms. The maximum Gasteiger partial charge on any atom is 0.167 e. The smallest absolute Gasteiger partial charge is 0.167 e. The summed E-state index contributed by atoms with van der Waals surface area (Å²) in [6.07, 6.45) is 1.10. The number of imidazole rings is 1. The van der Waals surface area contributed by atoms with Gasteiger partial charge in [-0.1, -0.05) is 0 Å². The molecular weight excluding hydrogens is 342 g/mol. The summed E-state index contributed by atoms with van der Waals surface area (Å²) in [7, 11) is 1.93. The van der Waals surface area contributed by atoms with Crippen LogP contribution in [-0.4, -0.2) is 79.7 Å². The highest BCUT2D eigenvalue weighted by Crippen LogP contribution is 2.32. The van der Waals surface area contributed by atoms with Crippen LogP contribution < -0.4 is 11.6 Å². The second kappa shape index (κ2) is 8.20. The van der Waals surface area contributed by atoms with Gasteiger partial charge in [-0.05, 0) is 26.4 Å². The van der Waals surface area contributed by atoms with E-state index in [0.29, 0.717) is 24.3 Å². The van der Waals surface area contributed by atoms with Crippen molar-refractivity contribution in [3.63, 3.8) is 0 Å². The first-order valence-corrected chi connectivity index (χ1v) is 8.47. The van der Waals surface area contributed by atoms with E-state index in [4.69, 9.17) is 16.4 Å². The predicted molar refractivity (Wildman–Crippen MR) is 92.5 cm³/mol. The van der Waals surface area contributed by atoms with E-state index in [1.54, 1.807) is 4.57 Å². The van der Waals surface area contributed by atoms with Crippen molar-refractivity contribution in [3.8, 4) is 0 Å². The third kappa shape index (κ3) is 3.77. The Kier molecular flexibility index (Phi) is 5.96. The lowest BCUT2D eigenvalue weighted by Crippen LogP contribution is -2.38. The summed E-state index contributed by atoms with van der Waals surface area (Å²) < 4.78 is 7.48. The fourth-order valence-electron chi connectivity index (χ4n) is 3.13. The van der Waals surface area contributed by atoms with Crippen molar-refractivity contribution in [1.29, 1.82) is 0 Å². The molecule has 1 saturated heterocycles. The van der Waals surface area contributed by atoms with Crippen molar-refractivity contribution in [3.05, 3.63) is 12.7 Å². The average Bonchev–Trinajstić information content (AvgIpc) is 3.16. The van der Waals surface area contributed by atoms with Gasteiger partial charge in [0.25, 0.3) is 0 Å². The van der Waals surface area contributed by atoms with E-state index in [0.717, 1.165) is 19.4 Å². The predicted octanol–water partition coefficient (Wildman–Crippen LogP) is -1.37. The molecule has 3 rings (SSSR count). The van der Waals surface area contributed by atoms with Crippen LogP contribution in [-0.2, 0) is 9.57 Å². The first-order valence-electron chi connectivity index (χ1n) is 8.47. The van der Waals surface area contributed by atoms with Gasteiger partial charge < -0.3 is 30.4 Å². The zero-order chi connectivity index (χ0) is 18.7. The number of nitrogens with zero attached hydrogens (tertiary/aromatic N) is 5. The number of hydrogen-bond acceptors (Lipinski definition) is 10. The Labute approximate surface area is 150 Å². The molecule has 2 aromatic rings.